The summed E-state index contributed by atoms with van der Waals surface area (Å²) in [6, 6.07) is 0. The minimum absolute atomic E-state index is 0.0455. The van der Waals surface area contributed by atoms with Crippen LogP contribution in [0.1, 0.15) is 19.8 Å². The van der Waals surface area contributed by atoms with Gasteiger partial charge in [-0.05, 0) is 12.8 Å². The molecule has 0 aliphatic carbocycles. The minimum atomic E-state index is -2.58. The van der Waals surface area contributed by atoms with Gasteiger partial charge < -0.3 is 14.7 Å². The van der Waals surface area contributed by atoms with Crippen molar-refractivity contribution in [1.82, 2.24) is 4.90 Å². The maximum atomic E-state index is 12.3. The van der Waals surface area contributed by atoms with Gasteiger partial charge in [-0.25, -0.2) is 8.78 Å². The number of aliphatic hydroxyl groups is 1. The third-order valence-corrected chi connectivity index (χ3v) is 2.97. The zero-order chi connectivity index (χ0) is 12.8. The van der Waals surface area contributed by atoms with Gasteiger partial charge in [0.05, 0.1) is 25.2 Å². The number of amides is 1. The molecule has 0 bridgehead atoms. The Morgan fingerprint density at radius 2 is 2.29 bits per heavy atom. The normalized spacial score (nSPS) is 24.3. The fourth-order valence-corrected chi connectivity index (χ4v) is 2.15. The number of aliphatic hydroxyl groups excluding tert-OH is 1. The lowest BCUT2D eigenvalue weighted by molar-refractivity contribution is -0.139. The van der Waals surface area contributed by atoms with Gasteiger partial charge >= 0.3 is 0 Å². The van der Waals surface area contributed by atoms with E-state index in [1.807, 2.05) is 6.92 Å². The lowest BCUT2D eigenvalue weighted by atomic mass is 9.98. The lowest BCUT2D eigenvalue weighted by Crippen LogP contribution is -2.43. The Balaban J connectivity index is 2.62. The number of halogens is 2. The first kappa shape index (κ1) is 14.3. The van der Waals surface area contributed by atoms with E-state index in [0.717, 1.165) is 4.90 Å². The van der Waals surface area contributed by atoms with Crippen molar-refractivity contribution in [3.8, 4) is 0 Å². The van der Waals surface area contributed by atoms with Crippen LogP contribution >= 0.6 is 0 Å². The third-order valence-electron chi connectivity index (χ3n) is 2.97. The number of alkyl halides is 2. The molecule has 2 atom stereocenters. The van der Waals surface area contributed by atoms with Crippen molar-refractivity contribution >= 4 is 5.91 Å². The van der Waals surface area contributed by atoms with Crippen LogP contribution in [0.2, 0.25) is 0 Å². The Kier molecular flexibility index (Phi) is 5.77. The summed E-state index contributed by atoms with van der Waals surface area (Å²) in [7, 11) is 0. The summed E-state index contributed by atoms with van der Waals surface area (Å²) >= 11 is 0. The number of carbonyl (C=O) groups excluding carboxylic acids is 1. The molecule has 17 heavy (non-hydrogen) atoms. The molecule has 1 aliphatic heterocycles. The molecule has 100 valence electrons. The summed E-state index contributed by atoms with van der Waals surface area (Å²) in [6.45, 7) is 1.43. The summed E-state index contributed by atoms with van der Waals surface area (Å²) in [5, 5.41) is 8.79. The molecule has 1 aliphatic rings. The highest BCUT2D eigenvalue weighted by atomic mass is 19.3. The van der Waals surface area contributed by atoms with Gasteiger partial charge in [0, 0.05) is 13.2 Å². The van der Waals surface area contributed by atoms with Crippen LogP contribution in [0, 0.1) is 5.92 Å². The highest BCUT2D eigenvalue weighted by molar-refractivity contribution is 5.79. The molecule has 0 aromatic rings. The second kappa shape index (κ2) is 6.86. The Bertz CT molecular complexity index is 251. The van der Waals surface area contributed by atoms with Crippen LogP contribution in [0.3, 0.4) is 0 Å². The van der Waals surface area contributed by atoms with Crippen LogP contribution in [0.15, 0.2) is 0 Å². The number of carbonyl (C=O) groups is 1. The molecule has 1 rings (SSSR count). The first-order valence-corrected chi connectivity index (χ1v) is 5.89. The van der Waals surface area contributed by atoms with E-state index < -0.39 is 13.0 Å². The molecular weight excluding hydrogens is 232 g/mol. The predicted molar refractivity (Wildman–Crippen MR) is 57.8 cm³/mol. The number of ether oxygens (including phenoxy) is 1. The summed E-state index contributed by atoms with van der Waals surface area (Å²) in [5.74, 6) is -0.672. The largest absolute Gasteiger partial charge is 0.395 e. The van der Waals surface area contributed by atoms with Gasteiger partial charge in [-0.15, -0.1) is 0 Å². The first-order chi connectivity index (χ1) is 8.10. The predicted octanol–water partition coefficient (Wildman–Crippen LogP) is 0.887. The van der Waals surface area contributed by atoms with Crippen LogP contribution in [-0.2, 0) is 9.53 Å². The van der Waals surface area contributed by atoms with Gasteiger partial charge in [0.25, 0.3) is 6.43 Å². The van der Waals surface area contributed by atoms with E-state index in [1.165, 1.54) is 0 Å². The molecule has 0 spiro atoms. The lowest BCUT2D eigenvalue weighted by Gasteiger charge is -2.26. The number of rotatable bonds is 6. The van der Waals surface area contributed by atoms with Crippen molar-refractivity contribution < 1.29 is 23.4 Å². The van der Waals surface area contributed by atoms with E-state index in [-0.39, 0.29) is 31.1 Å². The number of nitrogens with zero attached hydrogens (tertiary/aromatic N) is 1. The van der Waals surface area contributed by atoms with Crippen molar-refractivity contribution in [3.05, 3.63) is 0 Å². The highest BCUT2D eigenvalue weighted by Gasteiger charge is 2.35. The molecule has 1 fully saturated rings. The molecule has 1 heterocycles. The second-order valence-electron chi connectivity index (χ2n) is 4.11. The van der Waals surface area contributed by atoms with Gasteiger partial charge in [-0.1, -0.05) is 6.92 Å². The van der Waals surface area contributed by atoms with Crippen LogP contribution in [0.5, 0.6) is 0 Å². The maximum Gasteiger partial charge on any atom is 0.255 e. The highest BCUT2D eigenvalue weighted by Crippen LogP contribution is 2.25. The van der Waals surface area contributed by atoms with Crippen molar-refractivity contribution in [2.75, 3.05) is 26.3 Å². The fourth-order valence-electron chi connectivity index (χ4n) is 2.15. The van der Waals surface area contributed by atoms with Crippen LogP contribution in [0.4, 0.5) is 8.78 Å². The molecule has 0 saturated carbocycles. The Morgan fingerprint density at radius 3 is 2.82 bits per heavy atom. The van der Waals surface area contributed by atoms with Crippen LogP contribution in [-0.4, -0.2) is 54.7 Å². The molecule has 1 saturated heterocycles. The zero-order valence-corrected chi connectivity index (χ0v) is 9.94. The van der Waals surface area contributed by atoms with Gasteiger partial charge in [-0.2, -0.15) is 0 Å². The summed E-state index contributed by atoms with van der Waals surface area (Å²) in [4.78, 5) is 13.1. The van der Waals surface area contributed by atoms with Gasteiger partial charge in [0.2, 0.25) is 5.91 Å². The van der Waals surface area contributed by atoms with E-state index in [0.29, 0.717) is 19.4 Å². The average molecular weight is 251 g/mol. The zero-order valence-electron chi connectivity index (χ0n) is 9.94. The van der Waals surface area contributed by atoms with Crippen molar-refractivity contribution in [2.45, 2.75) is 32.3 Å². The van der Waals surface area contributed by atoms with E-state index in [9.17, 15) is 13.6 Å². The second-order valence-corrected chi connectivity index (χ2v) is 4.11. The average Bonchev–Trinajstić information content (AvgIpc) is 2.74. The van der Waals surface area contributed by atoms with Gasteiger partial charge in [0.15, 0.2) is 0 Å². The molecule has 0 aromatic carbocycles. The standard InChI is InChI=1S/C11H19F2NO3/c1-2-9-8(3-6-17-9)11(16)14(4-5-15)7-10(12)13/h8-10,15H,2-7H2,1H3. The molecule has 0 radical (unpaired) electrons. The topological polar surface area (TPSA) is 49.8 Å². The minimum Gasteiger partial charge on any atom is -0.395 e. The quantitative estimate of drug-likeness (QED) is 0.762. The first-order valence-electron chi connectivity index (χ1n) is 5.89. The molecule has 6 heteroatoms. The van der Waals surface area contributed by atoms with E-state index in [2.05, 4.69) is 0 Å². The molecule has 1 N–H and O–H groups in total. The van der Waals surface area contributed by atoms with Crippen molar-refractivity contribution in [3.63, 3.8) is 0 Å². The van der Waals surface area contributed by atoms with Crippen molar-refractivity contribution in [2.24, 2.45) is 5.92 Å². The van der Waals surface area contributed by atoms with Crippen molar-refractivity contribution in [1.29, 1.82) is 0 Å². The Labute approximate surface area is 99.5 Å². The molecule has 4 nitrogen and oxygen atoms in total. The van der Waals surface area contributed by atoms with E-state index in [1.54, 1.807) is 0 Å². The molecule has 2 unspecified atom stereocenters. The number of hydrogen-bond acceptors (Lipinski definition) is 3. The smallest absolute Gasteiger partial charge is 0.255 e. The van der Waals surface area contributed by atoms with Crippen LogP contribution in [0.25, 0.3) is 0 Å². The Morgan fingerprint density at radius 1 is 1.59 bits per heavy atom. The summed E-state index contributed by atoms with van der Waals surface area (Å²) < 4.78 is 30.0. The molecule has 0 aromatic heterocycles. The SMILES string of the molecule is CCC1OCCC1C(=O)N(CCO)CC(F)F. The number of hydrogen-bond donors (Lipinski definition) is 1. The van der Waals surface area contributed by atoms with Gasteiger partial charge in [0.1, 0.15) is 0 Å². The Hall–Kier alpha value is -0.750. The summed E-state index contributed by atoms with van der Waals surface area (Å²) in [6.07, 6.45) is -1.49. The fraction of sp³-hybridized carbons (Fsp3) is 0.909. The summed E-state index contributed by atoms with van der Waals surface area (Å²) in [5.41, 5.74) is 0. The van der Waals surface area contributed by atoms with Crippen LogP contribution < -0.4 is 0 Å². The monoisotopic (exact) mass is 251 g/mol. The van der Waals surface area contributed by atoms with E-state index >= 15 is 0 Å². The molecule has 1 amide bonds. The molecular formula is C11H19F2NO3. The maximum absolute atomic E-state index is 12.3. The third kappa shape index (κ3) is 3.89. The van der Waals surface area contributed by atoms with Gasteiger partial charge in [-0.3, -0.25) is 4.79 Å². The van der Waals surface area contributed by atoms with E-state index in [4.69, 9.17) is 9.84 Å².